The highest BCUT2D eigenvalue weighted by atomic mass is 35.5. The molecule has 134 valence electrons. The summed E-state index contributed by atoms with van der Waals surface area (Å²) in [6, 6.07) is 3.62. The van der Waals surface area contributed by atoms with Crippen LogP contribution in [-0.2, 0) is 16.0 Å². The van der Waals surface area contributed by atoms with Crippen LogP contribution in [-0.4, -0.2) is 61.0 Å². The Bertz CT molecular complexity index is 723. The number of benzene rings is 1. The van der Waals surface area contributed by atoms with E-state index in [0.29, 0.717) is 42.8 Å². The van der Waals surface area contributed by atoms with Crippen LogP contribution >= 0.6 is 11.6 Å². The summed E-state index contributed by atoms with van der Waals surface area (Å²) >= 11 is 6.32. The van der Waals surface area contributed by atoms with Crippen LogP contribution in [0.15, 0.2) is 12.1 Å². The number of amides is 2. The fourth-order valence-electron chi connectivity index (χ4n) is 3.88. The van der Waals surface area contributed by atoms with Crippen LogP contribution in [0.1, 0.15) is 18.4 Å². The molecular formula is C18H21ClN2O4. The van der Waals surface area contributed by atoms with Gasteiger partial charge in [0.05, 0.1) is 12.3 Å². The molecule has 4 aliphatic rings. The van der Waals surface area contributed by atoms with Crippen molar-refractivity contribution in [3.05, 3.63) is 22.7 Å². The van der Waals surface area contributed by atoms with Crippen molar-refractivity contribution in [2.45, 2.75) is 25.3 Å². The summed E-state index contributed by atoms with van der Waals surface area (Å²) < 4.78 is 11.1. The highest BCUT2D eigenvalue weighted by molar-refractivity contribution is 6.31. The number of piperidine rings is 1. The Labute approximate surface area is 151 Å². The van der Waals surface area contributed by atoms with Gasteiger partial charge in [0.15, 0.2) is 11.5 Å². The molecule has 2 bridgehead atoms. The molecule has 0 saturated carbocycles. The Morgan fingerprint density at radius 2 is 1.92 bits per heavy atom. The van der Waals surface area contributed by atoms with Crippen molar-refractivity contribution in [2.24, 2.45) is 5.92 Å². The number of hydrogen-bond acceptors (Lipinski definition) is 4. The van der Waals surface area contributed by atoms with Gasteiger partial charge in [0.25, 0.3) is 0 Å². The van der Waals surface area contributed by atoms with Gasteiger partial charge in [0.2, 0.25) is 11.8 Å². The van der Waals surface area contributed by atoms with Gasteiger partial charge in [-0.3, -0.25) is 9.59 Å². The Morgan fingerprint density at radius 1 is 1.20 bits per heavy atom. The molecule has 0 aromatic heterocycles. The van der Waals surface area contributed by atoms with Gasteiger partial charge in [-0.2, -0.15) is 0 Å². The van der Waals surface area contributed by atoms with Gasteiger partial charge >= 0.3 is 0 Å². The summed E-state index contributed by atoms with van der Waals surface area (Å²) in [6.07, 6.45) is 2.02. The third-order valence-electron chi connectivity index (χ3n) is 5.37. The molecule has 2 amide bonds. The molecule has 6 nitrogen and oxygen atoms in total. The van der Waals surface area contributed by atoms with Gasteiger partial charge in [0.1, 0.15) is 13.2 Å². The van der Waals surface area contributed by atoms with E-state index in [0.717, 1.165) is 18.4 Å². The highest BCUT2D eigenvalue weighted by Gasteiger charge is 2.40. The Kier molecular flexibility index (Phi) is 4.23. The van der Waals surface area contributed by atoms with E-state index in [-0.39, 0.29) is 30.2 Å². The first-order chi connectivity index (χ1) is 12.0. The van der Waals surface area contributed by atoms with E-state index < -0.39 is 0 Å². The molecule has 3 saturated heterocycles. The van der Waals surface area contributed by atoms with Crippen LogP contribution in [0, 0.1) is 5.92 Å². The van der Waals surface area contributed by atoms with Crippen molar-refractivity contribution >= 4 is 23.4 Å². The molecule has 0 spiro atoms. The van der Waals surface area contributed by atoms with Crippen molar-refractivity contribution in [1.29, 1.82) is 0 Å². The molecule has 4 aliphatic heterocycles. The van der Waals surface area contributed by atoms with E-state index in [9.17, 15) is 9.59 Å². The lowest BCUT2D eigenvalue weighted by molar-refractivity contribution is -0.138. The molecule has 3 fully saturated rings. The largest absolute Gasteiger partial charge is 0.486 e. The molecule has 25 heavy (non-hydrogen) atoms. The zero-order chi connectivity index (χ0) is 17.6. The molecule has 0 radical (unpaired) electrons. The van der Waals surface area contributed by atoms with Crippen molar-refractivity contribution in [2.75, 3.05) is 33.4 Å². The summed E-state index contributed by atoms with van der Waals surface area (Å²) in [5.41, 5.74) is 0.729. The second-order valence-corrected chi connectivity index (χ2v) is 7.35. The van der Waals surface area contributed by atoms with Crippen LogP contribution in [0.3, 0.4) is 0 Å². The van der Waals surface area contributed by atoms with Crippen molar-refractivity contribution in [3.63, 3.8) is 0 Å². The van der Waals surface area contributed by atoms with E-state index in [1.807, 2.05) is 11.9 Å². The summed E-state index contributed by atoms with van der Waals surface area (Å²) in [7, 11) is 1.84. The highest BCUT2D eigenvalue weighted by Crippen LogP contribution is 2.36. The van der Waals surface area contributed by atoms with Gasteiger partial charge in [-0.05, 0) is 24.5 Å². The average Bonchev–Trinajstić information content (AvgIpc) is 2.89. The first-order valence-corrected chi connectivity index (χ1v) is 9.03. The zero-order valence-electron chi connectivity index (χ0n) is 14.2. The molecule has 0 aliphatic carbocycles. The summed E-state index contributed by atoms with van der Waals surface area (Å²) in [5, 5.41) is 0.503. The number of rotatable bonds is 2. The molecule has 7 heteroatoms. The molecule has 5 rings (SSSR count). The second-order valence-electron chi connectivity index (χ2n) is 6.94. The lowest BCUT2D eigenvalue weighted by Crippen LogP contribution is -2.45. The summed E-state index contributed by atoms with van der Waals surface area (Å²) in [4.78, 5) is 28.7. The van der Waals surface area contributed by atoms with E-state index in [2.05, 4.69) is 0 Å². The Balaban J connectivity index is 1.52. The maximum atomic E-state index is 12.8. The number of hydrogen-bond donors (Lipinski definition) is 0. The fourth-order valence-corrected chi connectivity index (χ4v) is 4.10. The molecule has 1 aromatic carbocycles. The molecule has 1 aromatic rings. The maximum Gasteiger partial charge on any atom is 0.227 e. The first kappa shape index (κ1) is 16.5. The standard InChI is InChI=1S/C18H21ClN2O4/c1-20-13-3-2-11(18(20)23)9-21(10-13)17(22)7-12-6-15-16(8-14(12)19)25-5-4-24-15/h6,8,11,13H,2-5,7,9-10H2,1H3/t11-,13+/m0/s1. The molecule has 2 atom stereocenters. The van der Waals surface area contributed by atoms with Crippen LogP contribution in [0.25, 0.3) is 0 Å². The molecular weight excluding hydrogens is 344 g/mol. The normalized spacial score (nSPS) is 25.1. The van der Waals surface area contributed by atoms with Gasteiger partial charge in [-0.25, -0.2) is 0 Å². The Hall–Kier alpha value is -1.95. The second kappa shape index (κ2) is 6.41. The van der Waals surface area contributed by atoms with Crippen LogP contribution in [0.2, 0.25) is 5.02 Å². The SMILES string of the molecule is CN1C(=O)[C@H]2CC[C@@H]1CN(C(=O)Cc1cc3c(cc1Cl)OCCO3)C2. The van der Waals surface area contributed by atoms with Crippen molar-refractivity contribution in [1.82, 2.24) is 9.80 Å². The topological polar surface area (TPSA) is 59.1 Å². The minimum atomic E-state index is -0.0801. The van der Waals surface area contributed by atoms with Crippen molar-refractivity contribution in [3.8, 4) is 11.5 Å². The number of fused-ring (bicyclic) bond motifs is 5. The number of carbonyl (C=O) groups excluding carboxylic acids is 2. The van der Waals surface area contributed by atoms with E-state index >= 15 is 0 Å². The van der Waals surface area contributed by atoms with E-state index in [4.69, 9.17) is 21.1 Å². The monoisotopic (exact) mass is 364 g/mol. The van der Waals surface area contributed by atoms with Crippen LogP contribution in [0.4, 0.5) is 0 Å². The average molecular weight is 365 g/mol. The third-order valence-corrected chi connectivity index (χ3v) is 5.72. The lowest BCUT2D eigenvalue weighted by Gasteiger charge is -2.32. The van der Waals surface area contributed by atoms with Crippen molar-refractivity contribution < 1.29 is 19.1 Å². The Morgan fingerprint density at radius 3 is 2.68 bits per heavy atom. The lowest BCUT2D eigenvalue weighted by atomic mass is 9.95. The number of nitrogens with zero attached hydrogens (tertiary/aromatic N) is 2. The van der Waals surface area contributed by atoms with E-state index in [1.165, 1.54) is 0 Å². The predicted octanol–water partition coefficient (Wildman–Crippen LogP) is 1.73. The minimum Gasteiger partial charge on any atom is -0.486 e. The molecule has 4 heterocycles. The smallest absolute Gasteiger partial charge is 0.227 e. The third kappa shape index (κ3) is 3.03. The molecule has 0 unspecified atom stereocenters. The summed E-state index contributed by atoms with van der Waals surface area (Å²) in [6.45, 7) is 2.09. The number of carbonyl (C=O) groups is 2. The van der Waals surface area contributed by atoms with Crippen LogP contribution in [0.5, 0.6) is 11.5 Å². The van der Waals surface area contributed by atoms with Gasteiger partial charge in [0, 0.05) is 37.3 Å². The van der Waals surface area contributed by atoms with Gasteiger partial charge in [-0.15, -0.1) is 0 Å². The minimum absolute atomic E-state index is 0.00132. The predicted molar refractivity (Wildman–Crippen MR) is 92.0 cm³/mol. The van der Waals surface area contributed by atoms with Crippen LogP contribution < -0.4 is 9.47 Å². The zero-order valence-corrected chi connectivity index (χ0v) is 14.9. The van der Waals surface area contributed by atoms with Gasteiger partial charge in [-0.1, -0.05) is 11.6 Å². The van der Waals surface area contributed by atoms with E-state index in [1.54, 1.807) is 17.0 Å². The molecule has 0 N–H and O–H groups in total. The quantitative estimate of drug-likeness (QED) is 0.802. The maximum absolute atomic E-state index is 12.8. The number of halogens is 1. The first-order valence-electron chi connectivity index (χ1n) is 8.65. The van der Waals surface area contributed by atoms with Gasteiger partial charge < -0.3 is 19.3 Å². The summed E-state index contributed by atoms with van der Waals surface area (Å²) in [5.74, 6) is 1.32. The number of likely N-dealkylation sites (N-methyl/N-ethyl adjacent to an activating group) is 1. The number of ether oxygens (including phenoxy) is 2. The fraction of sp³-hybridized carbons (Fsp3) is 0.556.